The summed E-state index contributed by atoms with van der Waals surface area (Å²) in [6.45, 7) is 5.19. The Hall–Kier alpha value is -3.49. The molecule has 32 heavy (non-hydrogen) atoms. The number of carboxylic acid groups (broad SMARTS) is 1. The summed E-state index contributed by atoms with van der Waals surface area (Å²) in [6, 6.07) is 18.3. The number of aliphatic carboxylic acids is 1. The van der Waals surface area contributed by atoms with Crippen LogP contribution < -0.4 is 4.74 Å². The summed E-state index contributed by atoms with van der Waals surface area (Å²) in [7, 11) is 0. The molecule has 5 nitrogen and oxygen atoms in total. The molecule has 0 radical (unpaired) electrons. The summed E-state index contributed by atoms with van der Waals surface area (Å²) in [4.78, 5) is 16.9. The first-order chi connectivity index (χ1) is 15.6. The summed E-state index contributed by atoms with van der Waals surface area (Å²) in [5.74, 6) is 5.40. The second-order valence-corrected chi connectivity index (χ2v) is 8.16. The minimum atomic E-state index is -0.851. The van der Waals surface area contributed by atoms with Crippen LogP contribution in [0.5, 0.6) is 5.75 Å². The van der Waals surface area contributed by atoms with E-state index in [0.717, 1.165) is 42.9 Å². The van der Waals surface area contributed by atoms with Crippen LogP contribution in [0.15, 0.2) is 60.8 Å². The maximum absolute atomic E-state index is 11.1. The molecule has 0 saturated carbocycles. The monoisotopic (exact) mass is 428 g/mol. The molecule has 4 rings (SSSR count). The molecule has 0 unspecified atom stereocenters. The Bertz CT molecular complexity index is 1120. The van der Waals surface area contributed by atoms with Crippen LogP contribution in [0.4, 0.5) is 0 Å². The normalized spacial score (nSPS) is 14.2. The van der Waals surface area contributed by atoms with Gasteiger partial charge in [0.05, 0.1) is 12.3 Å². The Labute approximate surface area is 189 Å². The summed E-state index contributed by atoms with van der Waals surface area (Å²) in [5.41, 5.74) is 6.07. The molecule has 164 valence electrons. The largest absolute Gasteiger partial charge is 0.489 e. The molecule has 0 aliphatic carbocycles. The molecular formula is C27H28N2O3. The van der Waals surface area contributed by atoms with E-state index in [2.05, 4.69) is 52.1 Å². The number of ether oxygens (including phenoxy) is 1. The van der Waals surface area contributed by atoms with E-state index >= 15 is 0 Å². The van der Waals surface area contributed by atoms with Crippen molar-refractivity contribution in [3.8, 4) is 17.6 Å². The highest BCUT2D eigenvalue weighted by molar-refractivity contribution is 5.69. The highest BCUT2D eigenvalue weighted by Crippen LogP contribution is 2.23. The van der Waals surface area contributed by atoms with E-state index in [1.54, 1.807) is 6.92 Å². The van der Waals surface area contributed by atoms with Crippen molar-refractivity contribution >= 4 is 5.97 Å². The van der Waals surface area contributed by atoms with E-state index in [1.807, 2.05) is 30.5 Å². The number of nitrogens with zero attached hydrogens (tertiary/aromatic N) is 1. The van der Waals surface area contributed by atoms with Crippen molar-refractivity contribution in [3.05, 3.63) is 88.7 Å². The lowest BCUT2D eigenvalue weighted by Crippen LogP contribution is -2.29. The first-order valence-electron chi connectivity index (χ1n) is 10.9. The molecule has 1 atom stereocenters. The number of carboxylic acids is 1. The van der Waals surface area contributed by atoms with Crippen LogP contribution in [-0.2, 0) is 30.9 Å². The van der Waals surface area contributed by atoms with Gasteiger partial charge >= 0.3 is 5.97 Å². The van der Waals surface area contributed by atoms with E-state index in [-0.39, 0.29) is 12.3 Å². The lowest BCUT2D eigenvalue weighted by molar-refractivity contribution is -0.137. The van der Waals surface area contributed by atoms with Crippen LogP contribution >= 0.6 is 0 Å². The van der Waals surface area contributed by atoms with Crippen molar-refractivity contribution in [3.63, 3.8) is 0 Å². The maximum Gasteiger partial charge on any atom is 0.304 e. The average Bonchev–Trinajstić information content (AvgIpc) is 3.26. The summed E-state index contributed by atoms with van der Waals surface area (Å²) < 4.78 is 5.98. The summed E-state index contributed by atoms with van der Waals surface area (Å²) >= 11 is 0. The first-order valence-corrected chi connectivity index (χ1v) is 10.9. The molecule has 2 heterocycles. The third-order valence-electron chi connectivity index (χ3n) is 5.78. The fourth-order valence-corrected chi connectivity index (χ4v) is 4.18. The number of aromatic amines is 1. The van der Waals surface area contributed by atoms with Gasteiger partial charge in [0.25, 0.3) is 0 Å². The quantitative estimate of drug-likeness (QED) is 0.509. The Morgan fingerprint density at radius 2 is 2.00 bits per heavy atom. The van der Waals surface area contributed by atoms with Crippen molar-refractivity contribution in [1.29, 1.82) is 0 Å². The van der Waals surface area contributed by atoms with Gasteiger partial charge in [0.15, 0.2) is 0 Å². The third-order valence-corrected chi connectivity index (χ3v) is 5.78. The van der Waals surface area contributed by atoms with Crippen LogP contribution in [0.25, 0.3) is 0 Å². The summed E-state index contributed by atoms with van der Waals surface area (Å²) in [6.07, 6.45) is 3.09. The molecule has 2 aromatic carbocycles. The van der Waals surface area contributed by atoms with Gasteiger partial charge in [-0.3, -0.25) is 9.69 Å². The molecule has 0 fully saturated rings. The van der Waals surface area contributed by atoms with Gasteiger partial charge in [0, 0.05) is 37.9 Å². The highest BCUT2D eigenvalue weighted by atomic mass is 16.5. The van der Waals surface area contributed by atoms with E-state index in [0.29, 0.717) is 6.61 Å². The molecule has 1 aliphatic heterocycles. The number of hydrogen-bond acceptors (Lipinski definition) is 3. The smallest absolute Gasteiger partial charge is 0.304 e. The number of hydrogen-bond donors (Lipinski definition) is 2. The maximum atomic E-state index is 11.1. The van der Waals surface area contributed by atoms with E-state index in [1.165, 1.54) is 16.8 Å². The van der Waals surface area contributed by atoms with Crippen molar-refractivity contribution in [2.24, 2.45) is 0 Å². The Balaban J connectivity index is 1.34. The zero-order valence-corrected chi connectivity index (χ0v) is 18.3. The second-order valence-electron chi connectivity index (χ2n) is 8.16. The molecule has 0 spiro atoms. The highest BCUT2D eigenvalue weighted by Gasteiger charge is 2.17. The number of H-pyrrole nitrogens is 1. The molecule has 1 aliphatic rings. The van der Waals surface area contributed by atoms with Gasteiger partial charge in [-0.05, 0) is 47.4 Å². The van der Waals surface area contributed by atoms with Crippen molar-refractivity contribution in [1.82, 2.24) is 9.88 Å². The molecule has 3 aromatic rings. The average molecular weight is 429 g/mol. The number of rotatable bonds is 8. The van der Waals surface area contributed by atoms with Gasteiger partial charge in [-0.1, -0.05) is 42.3 Å². The van der Waals surface area contributed by atoms with Crippen LogP contribution in [0, 0.1) is 11.8 Å². The Morgan fingerprint density at radius 3 is 2.78 bits per heavy atom. The Kier molecular flexibility index (Phi) is 6.94. The minimum Gasteiger partial charge on any atom is -0.489 e. The molecule has 0 bridgehead atoms. The number of fused-ring (bicyclic) bond motifs is 1. The van der Waals surface area contributed by atoms with Gasteiger partial charge in [-0.2, -0.15) is 0 Å². The molecule has 1 aromatic heterocycles. The van der Waals surface area contributed by atoms with Gasteiger partial charge in [-0.25, -0.2) is 0 Å². The van der Waals surface area contributed by atoms with Gasteiger partial charge in [0.2, 0.25) is 0 Å². The van der Waals surface area contributed by atoms with Crippen molar-refractivity contribution in [2.45, 2.75) is 45.4 Å². The Morgan fingerprint density at radius 1 is 1.19 bits per heavy atom. The second kappa shape index (κ2) is 10.2. The lowest BCUT2D eigenvalue weighted by Gasteiger charge is -2.27. The number of nitrogens with one attached hydrogen (secondary N) is 1. The number of benzene rings is 2. The van der Waals surface area contributed by atoms with Gasteiger partial charge in [0.1, 0.15) is 12.4 Å². The van der Waals surface area contributed by atoms with E-state index < -0.39 is 5.97 Å². The van der Waals surface area contributed by atoms with Gasteiger partial charge < -0.3 is 14.8 Å². The zero-order valence-electron chi connectivity index (χ0n) is 18.3. The van der Waals surface area contributed by atoms with Crippen LogP contribution in [0.3, 0.4) is 0 Å². The summed E-state index contributed by atoms with van der Waals surface area (Å²) in [5, 5.41) is 9.10. The molecule has 5 heteroatoms. The molecule has 0 amide bonds. The molecular weight excluding hydrogens is 400 g/mol. The first kappa shape index (κ1) is 21.7. The van der Waals surface area contributed by atoms with Crippen molar-refractivity contribution < 1.29 is 14.6 Å². The van der Waals surface area contributed by atoms with Crippen LogP contribution in [0.2, 0.25) is 0 Å². The fraction of sp³-hybridized carbons (Fsp3) is 0.296. The standard InChI is InChI=1S/C27H28N2O3/c1-2-4-23(16-27(30)31)22-7-9-25(10-8-22)32-19-21-6-3-5-20(15-21)17-29-14-12-26-24(18-29)11-13-28-26/h3,5-11,13,15,23,28H,12,14,16-19H2,1H3,(H,30,31)/t23-/m0/s1. The number of carbonyl (C=O) groups is 1. The topological polar surface area (TPSA) is 65.6 Å². The minimum absolute atomic E-state index is 0.00372. The molecule has 0 saturated heterocycles. The third kappa shape index (κ3) is 5.60. The zero-order chi connectivity index (χ0) is 22.3. The van der Waals surface area contributed by atoms with E-state index in [9.17, 15) is 4.79 Å². The fourth-order valence-electron chi connectivity index (χ4n) is 4.18. The van der Waals surface area contributed by atoms with Crippen molar-refractivity contribution in [2.75, 3.05) is 6.54 Å². The SMILES string of the molecule is CC#C[C@@H](CC(=O)O)c1ccc(OCc2cccc(CN3CCc4[nH]ccc4C3)c2)cc1. The predicted octanol–water partition coefficient (Wildman–Crippen LogP) is 4.73. The van der Waals surface area contributed by atoms with Crippen LogP contribution in [-0.4, -0.2) is 27.5 Å². The molecule has 2 N–H and O–H groups in total. The predicted molar refractivity (Wildman–Crippen MR) is 124 cm³/mol. The van der Waals surface area contributed by atoms with Crippen LogP contribution in [0.1, 0.15) is 47.2 Å². The lowest BCUT2D eigenvalue weighted by atomic mass is 9.96. The van der Waals surface area contributed by atoms with Gasteiger partial charge in [-0.15, -0.1) is 5.92 Å². The van der Waals surface area contributed by atoms with E-state index in [4.69, 9.17) is 9.84 Å². The number of aromatic nitrogens is 1.